The SMILES string of the molecule is On1cnnc1-c1[c]ccc(-c2cccc(C(F)(F)F)c2)c1. The minimum Gasteiger partial charge on any atom is -0.425 e. The van der Waals surface area contributed by atoms with E-state index in [-0.39, 0.29) is 5.82 Å². The van der Waals surface area contributed by atoms with Crippen molar-refractivity contribution >= 4 is 0 Å². The maximum Gasteiger partial charge on any atom is 0.416 e. The van der Waals surface area contributed by atoms with Gasteiger partial charge in [-0.25, -0.2) is 0 Å². The van der Waals surface area contributed by atoms with Crippen molar-refractivity contribution in [2.24, 2.45) is 0 Å². The number of halogens is 3. The van der Waals surface area contributed by atoms with Crippen LogP contribution in [0.15, 0.2) is 48.8 Å². The van der Waals surface area contributed by atoms with E-state index >= 15 is 0 Å². The number of nitrogens with zero attached hydrogens (tertiary/aromatic N) is 3. The Morgan fingerprint density at radius 1 is 1.09 bits per heavy atom. The van der Waals surface area contributed by atoms with Crippen LogP contribution in [0.4, 0.5) is 13.2 Å². The molecule has 3 aromatic rings. The van der Waals surface area contributed by atoms with Gasteiger partial charge in [0.2, 0.25) is 0 Å². The first-order valence-corrected chi connectivity index (χ1v) is 6.24. The third-order valence-electron chi connectivity index (χ3n) is 3.10. The van der Waals surface area contributed by atoms with Gasteiger partial charge in [-0.05, 0) is 35.4 Å². The van der Waals surface area contributed by atoms with E-state index in [9.17, 15) is 18.4 Å². The average Bonchev–Trinajstić information content (AvgIpc) is 2.93. The van der Waals surface area contributed by atoms with Gasteiger partial charge in [-0.1, -0.05) is 24.3 Å². The van der Waals surface area contributed by atoms with E-state index in [0.717, 1.165) is 23.2 Å². The van der Waals surface area contributed by atoms with E-state index < -0.39 is 11.7 Å². The van der Waals surface area contributed by atoms with Crippen molar-refractivity contribution < 1.29 is 18.4 Å². The number of alkyl halides is 3. The monoisotopic (exact) mass is 304 g/mol. The zero-order chi connectivity index (χ0) is 15.7. The van der Waals surface area contributed by atoms with E-state index in [1.165, 1.54) is 6.07 Å². The van der Waals surface area contributed by atoms with E-state index in [2.05, 4.69) is 16.3 Å². The molecule has 1 N–H and O–H groups in total. The van der Waals surface area contributed by atoms with E-state index in [1.807, 2.05) is 0 Å². The van der Waals surface area contributed by atoms with Crippen molar-refractivity contribution in [2.75, 3.05) is 0 Å². The minimum absolute atomic E-state index is 0.161. The number of hydrogen-bond acceptors (Lipinski definition) is 3. The number of aromatic nitrogens is 3. The zero-order valence-electron chi connectivity index (χ0n) is 11.0. The Kier molecular flexibility index (Phi) is 3.32. The van der Waals surface area contributed by atoms with Gasteiger partial charge in [-0.2, -0.15) is 17.9 Å². The molecule has 0 unspecified atom stereocenters. The van der Waals surface area contributed by atoms with E-state index in [1.54, 1.807) is 24.3 Å². The van der Waals surface area contributed by atoms with Gasteiger partial charge in [0.1, 0.15) is 0 Å². The van der Waals surface area contributed by atoms with Crippen LogP contribution in [0.5, 0.6) is 0 Å². The van der Waals surface area contributed by atoms with Crippen molar-refractivity contribution in [1.82, 2.24) is 14.9 Å². The molecular weight excluding hydrogens is 295 g/mol. The molecule has 3 rings (SSSR count). The predicted molar refractivity (Wildman–Crippen MR) is 71.9 cm³/mol. The highest BCUT2D eigenvalue weighted by molar-refractivity contribution is 5.70. The zero-order valence-corrected chi connectivity index (χ0v) is 11.0. The lowest BCUT2D eigenvalue weighted by atomic mass is 10.0. The van der Waals surface area contributed by atoms with E-state index in [0.29, 0.717) is 16.7 Å². The van der Waals surface area contributed by atoms with Crippen LogP contribution in [0.3, 0.4) is 0 Å². The maximum atomic E-state index is 12.8. The van der Waals surface area contributed by atoms with Crippen LogP contribution in [0.1, 0.15) is 5.56 Å². The minimum atomic E-state index is -4.40. The molecular formula is C15H9F3N3O. The number of benzene rings is 2. The first-order chi connectivity index (χ1) is 10.4. The average molecular weight is 304 g/mol. The van der Waals surface area contributed by atoms with Crippen LogP contribution in [-0.4, -0.2) is 20.1 Å². The summed E-state index contributed by atoms with van der Waals surface area (Å²) in [5.41, 5.74) is 0.677. The van der Waals surface area contributed by atoms with E-state index in [4.69, 9.17) is 0 Å². The van der Waals surface area contributed by atoms with Gasteiger partial charge in [0.05, 0.1) is 5.56 Å². The summed E-state index contributed by atoms with van der Waals surface area (Å²) in [5, 5.41) is 16.8. The van der Waals surface area contributed by atoms with Gasteiger partial charge in [-0.15, -0.1) is 10.2 Å². The molecule has 0 aliphatic heterocycles. The molecule has 4 nitrogen and oxygen atoms in total. The molecule has 0 saturated carbocycles. The summed E-state index contributed by atoms with van der Waals surface area (Å²) in [6, 6.07) is 12.7. The topological polar surface area (TPSA) is 50.9 Å². The van der Waals surface area contributed by atoms with Crippen LogP contribution in [0, 0.1) is 6.07 Å². The second kappa shape index (κ2) is 5.18. The molecule has 0 aliphatic carbocycles. The highest BCUT2D eigenvalue weighted by Gasteiger charge is 2.30. The van der Waals surface area contributed by atoms with Gasteiger partial charge in [-0.3, -0.25) is 0 Å². The Bertz CT molecular complexity index is 812. The van der Waals surface area contributed by atoms with Crippen molar-refractivity contribution in [3.8, 4) is 22.5 Å². The lowest BCUT2D eigenvalue weighted by molar-refractivity contribution is -0.137. The summed E-state index contributed by atoms with van der Waals surface area (Å²) in [5.74, 6) is 0.161. The summed E-state index contributed by atoms with van der Waals surface area (Å²) in [7, 11) is 0. The molecule has 2 aromatic carbocycles. The normalized spacial score (nSPS) is 11.6. The molecule has 0 bridgehead atoms. The molecule has 0 saturated heterocycles. The maximum absolute atomic E-state index is 12.8. The third-order valence-corrected chi connectivity index (χ3v) is 3.10. The van der Waals surface area contributed by atoms with Gasteiger partial charge < -0.3 is 5.21 Å². The lowest BCUT2D eigenvalue weighted by Crippen LogP contribution is -2.04. The molecule has 111 valence electrons. The van der Waals surface area contributed by atoms with Gasteiger partial charge in [0, 0.05) is 5.56 Å². The Balaban J connectivity index is 2.05. The van der Waals surface area contributed by atoms with Crippen molar-refractivity contribution in [2.45, 2.75) is 6.18 Å². The fraction of sp³-hybridized carbons (Fsp3) is 0.0667. The second-order valence-electron chi connectivity index (χ2n) is 4.57. The standard InChI is InChI=1S/C15H9F3N3O/c16-15(17,18)13-6-2-4-11(8-13)10-3-1-5-12(7-10)14-20-19-9-21(14)22/h1-4,6-9,22H. The Labute approximate surface area is 123 Å². The summed E-state index contributed by atoms with van der Waals surface area (Å²) < 4.78 is 39.1. The Hall–Kier alpha value is -2.83. The molecule has 0 spiro atoms. The van der Waals surface area contributed by atoms with Crippen molar-refractivity contribution in [3.63, 3.8) is 0 Å². The van der Waals surface area contributed by atoms with Crippen LogP contribution >= 0.6 is 0 Å². The molecule has 0 amide bonds. The summed E-state index contributed by atoms with van der Waals surface area (Å²) in [6.07, 6.45) is -3.29. The molecule has 1 heterocycles. The summed E-state index contributed by atoms with van der Waals surface area (Å²) in [4.78, 5) is 0. The smallest absolute Gasteiger partial charge is 0.416 e. The fourth-order valence-corrected chi connectivity index (χ4v) is 2.06. The largest absolute Gasteiger partial charge is 0.425 e. The molecule has 0 atom stereocenters. The Morgan fingerprint density at radius 3 is 2.55 bits per heavy atom. The molecule has 0 aliphatic rings. The van der Waals surface area contributed by atoms with Gasteiger partial charge >= 0.3 is 6.18 Å². The summed E-state index contributed by atoms with van der Waals surface area (Å²) >= 11 is 0. The van der Waals surface area contributed by atoms with Crippen LogP contribution in [-0.2, 0) is 6.18 Å². The number of hydrogen-bond donors (Lipinski definition) is 1. The number of rotatable bonds is 2. The third kappa shape index (κ3) is 2.65. The molecule has 1 radical (unpaired) electrons. The van der Waals surface area contributed by atoms with Gasteiger partial charge in [0.25, 0.3) is 0 Å². The van der Waals surface area contributed by atoms with Gasteiger partial charge in [0.15, 0.2) is 12.2 Å². The fourth-order valence-electron chi connectivity index (χ4n) is 2.06. The Morgan fingerprint density at radius 2 is 1.86 bits per heavy atom. The lowest BCUT2D eigenvalue weighted by Gasteiger charge is -2.09. The first-order valence-electron chi connectivity index (χ1n) is 6.24. The molecule has 1 aromatic heterocycles. The highest BCUT2D eigenvalue weighted by atomic mass is 19.4. The van der Waals surface area contributed by atoms with Crippen molar-refractivity contribution in [3.05, 3.63) is 60.4 Å². The first kappa shape index (κ1) is 14.1. The predicted octanol–water partition coefficient (Wildman–Crippen LogP) is 3.67. The van der Waals surface area contributed by atoms with Crippen LogP contribution in [0.2, 0.25) is 0 Å². The highest BCUT2D eigenvalue weighted by Crippen LogP contribution is 2.32. The quantitative estimate of drug-likeness (QED) is 0.735. The van der Waals surface area contributed by atoms with Crippen LogP contribution < -0.4 is 0 Å². The molecule has 7 heteroatoms. The van der Waals surface area contributed by atoms with Crippen molar-refractivity contribution in [1.29, 1.82) is 0 Å². The van der Waals surface area contributed by atoms with Crippen LogP contribution in [0.25, 0.3) is 22.5 Å². The molecule has 22 heavy (non-hydrogen) atoms. The summed E-state index contributed by atoms with van der Waals surface area (Å²) in [6.45, 7) is 0. The molecule has 0 fully saturated rings. The second-order valence-corrected chi connectivity index (χ2v) is 4.57.